The van der Waals surface area contributed by atoms with Gasteiger partial charge in [0.2, 0.25) is 0 Å². The van der Waals surface area contributed by atoms with Gasteiger partial charge in [0, 0.05) is 5.75 Å². The zero-order chi connectivity index (χ0) is 11.7. The SMILES string of the molecule is FC(F)(F)C(=S1C=CC=CC1)C(F)(F)F. The molecule has 1 unspecified atom stereocenters. The van der Waals surface area contributed by atoms with Crippen molar-refractivity contribution in [3.8, 4) is 0 Å². The molecule has 0 radical (unpaired) electrons. The normalized spacial score (nSPS) is 21.9. The maximum absolute atomic E-state index is 12.2. The first kappa shape index (κ1) is 12.4. The third-order valence-electron chi connectivity index (χ3n) is 1.54. The first-order chi connectivity index (χ1) is 6.73. The summed E-state index contributed by atoms with van der Waals surface area (Å²) in [5, 5.41) is 0.941. The Balaban J connectivity index is 3.23. The average Bonchev–Trinajstić information content (AvgIpc) is 2.00. The van der Waals surface area contributed by atoms with E-state index in [1.165, 1.54) is 18.2 Å². The Morgan fingerprint density at radius 3 is 1.80 bits per heavy atom. The molecule has 0 spiro atoms. The van der Waals surface area contributed by atoms with Crippen LogP contribution in [-0.4, -0.2) is 23.0 Å². The lowest BCUT2D eigenvalue weighted by atomic mass is 10.4. The highest BCUT2D eigenvalue weighted by Gasteiger charge is 2.52. The second-order valence-electron chi connectivity index (χ2n) is 2.68. The molecule has 15 heavy (non-hydrogen) atoms. The van der Waals surface area contributed by atoms with Crippen LogP contribution in [0.25, 0.3) is 0 Å². The smallest absolute Gasteiger partial charge is 0.166 e. The van der Waals surface area contributed by atoms with E-state index < -0.39 is 27.7 Å². The van der Waals surface area contributed by atoms with E-state index in [1.54, 1.807) is 0 Å². The lowest BCUT2D eigenvalue weighted by Crippen LogP contribution is -2.37. The van der Waals surface area contributed by atoms with Crippen molar-refractivity contribution in [1.82, 2.24) is 0 Å². The van der Waals surface area contributed by atoms with E-state index >= 15 is 0 Å². The highest BCUT2D eigenvalue weighted by Crippen LogP contribution is 2.38. The lowest BCUT2D eigenvalue weighted by Gasteiger charge is -2.19. The summed E-state index contributed by atoms with van der Waals surface area (Å²) in [5.74, 6) is -0.245. The van der Waals surface area contributed by atoms with Gasteiger partial charge in [-0.2, -0.15) is 26.3 Å². The Morgan fingerprint density at radius 2 is 1.47 bits per heavy atom. The van der Waals surface area contributed by atoms with Gasteiger partial charge in [0.1, 0.15) is 0 Å². The molecule has 0 nitrogen and oxygen atoms in total. The molecule has 1 heterocycles. The van der Waals surface area contributed by atoms with E-state index in [-0.39, 0.29) is 5.75 Å². The van der Waals surface area contributed by atoms with E-state index in [0.29, 0.717) is 0 Å². The predicted molar refractivity (Wildman–Crippen MR) is 47.9 cm³/mol. The van der Waals surface area contributed by atoms with Crippen LogP contribution in [0.2, 0.25) is 0 Å². The number of hydrogen-bond donors (Lipinski definition) is 0. The standard InChI is InChI=1S/C8H6F6S/c9-7(10,11)6(8(12,13)14)15-4-2-1-3-5-15/h1-4H,5H2. The first-order valence-corrected chi connectivity index (χ1v) is 5.23. The first-order valence-electron chi connectivity index (χ1n) is 3.77. The predicted octanol–water partition coefficient (Wildman–Crippen LogP) is 3.64. The Bertz CT molecular complexity index is 314. The topological polar surface area (TPSA) is 0 Å². The number of hydrogen-bond acceptors (Lipinski definition) is 0. The summed E-state index contributed by atoms with van der Waals surface area (Å²) in [6.07, 6.45) is -6.73. The zero-order valence-electron chi connectivity index (χ0n) is 7.19. The molecule has 1 atom stereocenters. The second kappa shape index (κ2) is 4.03. The van der Waals surface area contributed by atoms with Crippen molar-refractivity contribution >= 4 is 15.3 Å². The van der Waals surface area contributed by atoms with Gasteiger partial charge in [-0.1, -0.05) is 18.2 Å². The molecule has 0 aliphatic carbocycles. The van der Waals surface area contributed by atoms with E-state index in [4.69, 9.17) is 0 Å². The fourth-order valence-corrected chi connectivity index (χ4v) is 2.65. The van der Waals surface area contributed by atoms with Crippen molar-refractivity contribution < 1.29 is 26.3 Å². The Hall–Kier alpha value is -0.720. The number of halogens is 6. The number of allylic oxidation sites excluding steroid dienone is 2. The number of rotatable bonds is 0. The Kier molecular flexibility index (Phi) is 3.32. The molecule has 0 saturated carbocycles. The van der Waals surface area contributed by atoms with Crippen LogP contribution < -0.4 is 0 Å². The van der Waals surface area contributed by atoms with Gasteiger partial charge in [-0.15, -0.1) is 10.5 Å². The molecule has 0 bridgehead atoms. The quantitative estimate of drug-likeness (QED) is 0.453. The van der Waals surface area contributed by atoms with Crippen molar-refractivity contribution in [3.05, 3.63) is 23.6 Å². The van der Waals surface area contributed by atoms with Crippen LogP contribution in [0.5, 0.6) is 0 Å². The average molecular weight is 248 g/mol. The van der Waals surface area contributed by atoms with Gasteiger partial charge in [-0.3, -0.25) is 0 Å². The summed E-state index contributed by atoms with van der Waals surface area (Å²) in [7, 11) is -1.92. The van der Waals surface area contributed by atoms with Gasteiger partial charge in [-0.25, -0.2) is 0 Å². The molecule has 86 valence electrons. The molecule has 0 aromatic heterocycles. The molecule has 0 aromatic carbocycles. The van der Waals surface area contributed by atoms with Crippen LogP contribution in [0.4, 0.5) is 26.3 Å². The molecule has 0 saturated heterocycles. The highest BCUT2D eigenvalue weighted by atomic mass is 32.2. The Morgan fingerprint density at radius 1 is 0.933 bits per heavy atom. The highest BCUT2D eigenvalue weighted by molar-refractivity contribution is 8.18. The zero-order valence-corrected chi connectivity index (χ0v) is 8.01. The molecule has 7 heteroatoms. The summed E-state index contributed by atoms with van der Waals surface area (Å²) < 4.78 is 73.2. The third-order valence-corrected chi connectivity index (χ3v) is 3.57. The minimum Gasteiger partial charge on any atom is -0.166 e. The van der Waals surface area contributed by atoms with Crippen LogP contribution in [-0.2, 0) is 0 Å². The van der Waals surface area contributed by atoms with Crippen molar-refractivity contribution in [2.75, 3.05) is 5.75 Å². The monoisotopic (exact) mass is 248 g/mol. The van der Waals surface area contributed by atoms with E-state index in [1.807, 2.05) is 0 Å². The summed E-state index contributed by atoms with van der Waals surface area (Å²) in [4.78, 5) is -2.31. The van der Waals surface area contributed by atoms with Crippen molar-refractivity contribution in [2.45, 2.75) is 12.4 Å². The van der Waals surface area contributed by atoms with E-state index in [9.17, 15) is 26.3 Å². The van der Waals surface area contributed by atoms with E-state index in [0.717, 1.165) is 5.41 Å². The van der Waals surface area contributed by atoms with Crippen molar-refractivity contribution in [1.29, 1.82) is 0 Å². The largest absolute Gasteiger partial charge is 0.426 e. The summed E-state index contributed by atoms with van der Waals surface area (Å²) in [6.45, 7) is 0. The molecule has 1 aliphatic heterocycles. The van der Waals surface area contributed by atoms with E-state index in [2.05, 4.69) is 0 Å². The molecular weight excluding hydrogens is 242 g/mol. The Labute approximate surface area is 84.2 Å². The van der Waals surface area contributed by atoms with Crippen LogP contribution in [0, 0.1) is 0 Å². The molecule has 1 aliphatic rings. The third kappa shape index (κ3) is 3.12. The maximum Gasteiger partial charge on any atom is 0.426 e. The number of alkyl halides is 6. The van der Waals surface area contributed by atoms with Crippen LogP contribution in [0.3, 0.4) is 0 Å². The molecular formula is C8H6F6S. The van der Waals surface area contributed by atoms with Gasteiger partial charge in [0.15, 0.2) is 4.86 Å². The van der Waals surface area contributed by atoms with Gasteiger partial charge >= 0.3 is 12.4 Å². The fourth-order valence-electron chi connectivity index (χ4n) is 1.04. The maximum atomic E-state index is 12.2. The van der Waals surface area contributed by atoms with Gasteiger partial charge in [-0.05, 0) is 5.41 Å². The summed E-state index contributed by atoms with van der Waals surface area (Å²) in [6, 6.07) is 0. The van der Waals surface area contributed by atoms with Crippen molar-refractivity contribution in [3.63, 3.8) is 0 Å². The van der Waals surface area contributed by atoms with Gasteiger partial charge in [0.25, 0.3) is 0 Å². The molecule has 0 amide bonds. The molecule has 1 rings (SSSR count). The van der Waals surface area contributed by atoms with Gasteiger partial charge < -0.3 is 0 Å². The fraction of sp³-hybridized carbons (Fsp3) is 0.375. The van der Waals surface area contributed by atoms with Crippen LogP contribution in [0.15, 0.2) is 23.6 Å². The summed E-state index contributed by atoms with van der Waals surface area (Å²) in [5.41, 5.74) is 0. The van der Waals surface area contributed by atoms with Crippen molar-refractivity contribution in [2.24, 2.45) is 0 Å². The van der Waals surface area contributed by atoms with Crippen LogP contribution in [0.1, 0.15) is 0 Å². The minimum absolute atomic E-state index is 0.245. The van der Waals surface area contributed by atoms with Gasteiger partial charge in [0.05, 0.1) is 0 Å². The minimum atomic E-state index is -5.32. The lowest BCUT2D eigenvalue weighted by molar-refractivity contribution is -0.113. The molecule has 0 aromatic rings. The van der Waals surface area contributed by atoms with Crippen LogP contribution >= 0.6 is 10.5 Å². The summed E-state index contributed by atoms with van der Waals surface area (Å²) >= 11 is 0. The molecule has 0 N–H and O–H groups in total. The second-order valence-corrected chi connectivity index (χ2v) is 4.55. The molecule has 0 fully saturated rings.